The number of ether oxygens (including phenoxy) is 1. The zero-order chi connectivity index (χ0) is 16.4. The maximum absolute atomic E-state index is 14.2. The first kappa shape index (κ1) is 15.8. The molecule has 0 saturated heterocycles. The van der Waals surface area contributed by atoms with Crippen LogP contribution in [0.4, 0.5) is 10.3 Å². The number of methoxy groups -OCH3 is 1. The highest BCUT2D eigenvalue weighted by Gasteiger charge is 2.15. The molecule has 0 fully saturated rings. The van der Waals surface area contributed by atoms with Crippen molar-refractivity contribution in [3.8, 4) is 5.82 Å². The standard InChI is InChI=1S/C15H15BrFN5O/c1-23-4-2-3-9-8-22(12-5-13(16)19-6-10(9)12)14-11(17)7-20-15(18)21-14/h5-8H,2-4H2,1H3,(H2,18,20,21). The topological polar surface area (TPSA) is 78.9 Å². The molecule has 23 heavy (non-hydrogen) atoms. The van der Waals surface area contributed by atoms with Crippen molar-refractivity contribution in [3.63, 3.8) is 0 Å². The Labute approximate surface area is 140 Å². The lowest BCUT2D eigenvalue weighted by Crippen LogP contribution is -2.05. The van der Waals surface area contributed by atoms with Gasteiger partial charge >= 0.3 is 0 Å². The van der Waals surface area contributed by atoms with Crippen LogP contribution in [0.2, 0.25) is 0 Å². The molecule has 0 spiro atoms. The molecule has 120 valence electrons. The van der Waals surface area contributed by atoms with E-state index in [0.717, 1.165) is 35.5 Å². The highest BCUT2D eigenvalue weighted by atomic mass is 79.9. The highest BCUT2D eigenvalue weighted by Crippen LogP contribution is 2.27. The second-order valence-corrected chi connectivity index (χ2v) is 5.86. The summed E-state index contributed by atoms with van der Waals surface area (Å²) in [6.07, 6.45) is 6.35. The average molecular weight is 380 g/mol. The zero-order valence-corrected chi connectivity index (χ0v) is 14.0. The Morgan fingerprint density at radius 1 is 1.35 bits per heavy atom. The molecule has 0 aliphatic rings. The molecular weight excluding hydrogens is 365 g/mol. The number of fused-ring (bicyclic) bond motifs is 1. The van der Waals surface area contributed by atoms with Crippen LogP contribution < -0.4 is 5.73 Å². The molecule has 0 radical (unpaired) electrons. The monoisotopic (exact) mass is 379 g/mol. The maximum atomic E-state index is 14.2. The molecule has 0 saturated carbocycles. The lowest BCUT2D eigenvalue weighted by Gasteiger charge is -2.06. The molecule has 0 aliphatic carbocycles. The number of hydrogen-bond acceptors (Lipinski definition) is 5. The molecule has 3 heterocycles. The summed E-state index contributed by atoms with van der Waals surface area (Å²) >= 11 is 3.35. The number of hydrogen-bond donors (Lipinski definition) is 1. The fourth-order valence-electron chi connectivity index (χ4n) is 2.48. The van der Waals surface area contributed by atoms with Crippen molar-refractivity contribution in [3.05, 3.63) is 40.6 Å². The van der Waals surface area contributed by atoms with Gasteiger partial charge < -0.3 is 10.5 Å². The number of rotatable bonds is 5. The summed E-state index contributed by atoms with van der Waals surface area (Å²) in [6, 6.07) is 1.83. The van der Waals surface area contributed by atoms with E-state index >= 15 is 0 Å². The third-order valence-corrected chi connectivity index (χ3v) is 3.94. The molecule has 8 heteroatoms. The van der Waals surface area contributed by atoms with Crippen LogP contribution >= 0.6 is 15.9 Å². The lowest BCUT2D eigenvalue weighted by molar-refractivity contribution is 0.195. The van der Waals surface area contributed by atoms with Gasteiger partial charge in [-0.15, -0.1) is 0 Å². The van der Waals surface area contributed by atoms with Crippen LogP contribution in [0, 0.1) is 5.82 Å². The van der Waals surface area contributed by atoms with E-state index in [1.54, 1.807) is 17.9 Å². The molecule has 3 aromatic rings. The summed E-state index contributed by atoms with van der Waals surface area (Å²) in [5.74, 6) is -0.386. The molecule has 0 bridgehead atoms. The van der Waals surface area contributed by atoms with Crippen LogP contribution in [0.25, 0.3) is 16.7 Å². The predicted molar refractivity (Wildman–Crippen MR) is 88.9 cm³/mol. The minimum Gasteiger partial charge on any atom is -0.385 e. The van der Waals surface area contributed by atoms with Gasteiger partial charge in [0.25, 0.3) is 0 Å². The number of nitrogens with zero attached hydrogens (tertiary/aromatic N) is 4. The number of pyridine rings is 1. The number of aromatic nitrogens is 4. The Morgan fingerprint density at radius 3 is 2.96 bits per heavy atom. The number of nitrogens with two attached hydrogens (primary N) is 1. The first-order valence-corrected chi connectivity index (χ1v) is 7.82. The van der Waals surface area contributed by atoms with E-state index in [2.05, 4.69) is 30.9 Å². The van der Waals surface area contributed by atoms with Crippen LogP contribution in [-0.4, -0.2) is 33.2 Å². The molecule has 3 rings (SSSR count). The molecule has 0 atom stereocenters. The van der Waals surface area contributed by atoms with E-state index in [4.69, 9.17) is 10.5 Å². The van der Waals surface area contributed by atoms with Crippen LogP contribution in [0.1, 0.15) is 12.0 Å². The molecule has 3 aromatic heterocycles. The molecule has 0 aliphatic heterocycles. The van der Waals surface area contributed by atoms with Gasteiger partial charge in [-0.25, -0.2) is 14.4 Å². The second kappa shape index (κ2) is 6.59. The molecule has 6 nitrogen and oxygen atoms in total. The van der Waals surface area contributed by atoms with Crippen LogP contribution in [-0.2, 0) is 11.2 Å². The Bertz CT molecular complexity index is 851. The third-order valence-electron chi connectivity index (χ3n) is 3.51. The van der Waals surface area contributed by atoms with Crippen LogP contribution in [0.5, 0.6) is 0 Å². The molecule has 0 amide bonds. The summed E-state index contributed by atoms with van der Waals surface area (Å²) in [4.78, 5) is 12.0. The average Bonchev–Trinajstić information content (AvgIpc) is 2.88. The number of nitrogen functional groups attached to an aromatic ring is 1. The highest BCUT2D eigenvalue weighted by molar-refractivity contribution is 9.10. The molecular formula is C15H15BrFN5O. The van der Waals surface area contributed by atoms with Gasteiger partial charge in [-0.05, 0) is 40.4 Å². The summed E-state index contributed by atoms with van der Waals surface area (Å²) in [7, 11) is 1.67. The Kier molecular flexibility index (Phi) is 4.53. The largest absolute Gasteiger partial charge is 0.385 e. The van der Waals surface area contributed by atoms with Crippen molar-refractivity contribution < 1.29 is 9.13 Å². The predicted octanol–water partition coefficient (Wildman–Crippen LogP) is 2.88. The van der Waals surface area contributed by atoms with E-state index < -0.39 is 5.82 Å². The lowest BCUT2D eigenvalue weighted by atomic mass is 10.1. The third kappa shape index (κ3) is 3.18. The minimum atomic E-state index is -0.535. The minimum absolute atomic E-state index is 0.0253. The summed E-state index contributed by atoms with van der Waals surface area (Å²) in [5.41, 5.74) is 7.46. The van der Waals surface area contributed by atoms with Gasteiger partial charge in [0.1, 0.15) is 4.60 Å². The van der Waals surface area contributed by atoms with Gasteiger partial charge in [-0.2, -0.15) is 4.98 Å². The summed E-state index contributed by atoms with van der Waals surface area (Å²) < 4.78 is 21.6. The van der Waals surface area contributed by atoms with Crippen molar-refractivity contribution >= 4 is 32.8 Å². The van der Waals surface area contributed by atoms with Crippen molar-refractivity contribution in [2.24, 2.45) is 0 Å². The summed E-state index contributed by atoms with van der Waals surface area (Å²) in [5, 5.41) is 0.945. The SMILES string of the molecule is COCCCc1cn(-c2nc(N)ncc2F)c2cc(Br)ncc12. The van der Waals surface area contributed by atoms with Crippen LogP contribution in [0.15, 0.2) is 29.3 Å². The zero-order valence-electron chi connectivity index (χ0n) is 12.5. The van der Waals surface area contributed by atoms with Crippen molar-refractivity contribution in [1.82, 2.24) is 19.5 Å². The van der Waals surface area contributed by atoms with E-state index in [0.29, 0.717) is 11.2 Å². The Balaban J connectivity index is 2.15. The number of halogens is 2. The fraction of sp³-hybridized carbons (Fsp3) is 0.267. The van der Waals surface area contributed by atoms with E-state index in [9.17, 15) is 4.39 Å². The van der Waals surface area contributed by atoms with Gasteiger partial charge in [0.15, 0.2) is 11.6 Å². The van der Waals surface area contributed by atoms with Crippen molar-refractivity contribution in [2.45, 2.75) is 12.8 Å². The first-order valence-electron chi connectivity index (χ1n) is 7.03. The molecule has 0 unspecified atom stereocenters. The maximum Gasteiger partial charge on any atom is 0.222 e. The number of anilines is 1. The number of aryl methyl sites for hydroxylation is 1. The second-order valence-electron chi connectivity index (χ2n) is 5.04. The smallest absolute Gasteiger partial charge is 0.222 e. The fourth-order valence-corrected chi connectivity index (χ4v) is 2.80. The van der Waals surface area contributed by atoms with Gasteiger partial charge in [0, 0.05) is 31.5 Å². The van der Waals surface area contributed by atoms with Crippen molar-refractivity contribution in [1.29, 1.82) is 0 Å². The van der Waals surface area contributed by atoms with Crippen molar-refractivity contribution in [2.75, 3.05) is 19.5 Å². The van der Waals surface area contributed by atoms with E-state index in [-0.39, 0.29) is 11.8 Å². The van der Waals surface area contributed by atoms with Crippen LogP contribution in [0.3, 0.4) is 0 Å². The molecule has 0 aromatic carbocycles. The first-order chi connectivity index (χ1) is 11.1. The van der Waals surface area contributed by atoms with Gasteiger partial charge in [-0.3, -0.25) is 4.57 Å². The quantitative estimate of drug-likeness (QED) is 0.544. The van der Waals surface area contributed by atoms with Gasteiger partial charge in [-0.1, -0.05) is 0 Å². The van der Waals surface area contributed by atoms with E-state index in [1.165, 1.54) is 0 Å². The Hall–Kier alpha value is -2.06. The Morgan fingerprint density at radius 2 is 2.17 bits per heavy atom. The summed E-state index contributed by atoms with van der Waals surface area (Å²) in [6.45, 7) is 0.658. The molecule has 2 N–H and O–H groups in total. The normalized spacial score (nSPS) is 11.3. The van der Waals surface area contributed by atoms with E-state index in [1.807, 2.05) is 12.3 Å². The van der Waals surface area contributed by atoms with Gasteiger partial charge in [0.05, 0.1) is 11.7 Å². The van der Waals surface area contributed by atoms with Gasteiger partial charge in [0.2, 0.25) is 5.95 Å².